The van der Waals surface area contributed by atoms with Gasteiger partial charge in [0.1, 0.15) is 18.7 Å². The summed E-state index contributed by atoms with van der Waals surface area (Å²) in [4.78, 5) is 50.6. The maximum absolute atomic E-state index is 13.1. The molecular weight excluding hydrogens is 426 g/mol. The molecule has 0 radical (unpaired) electrons. The van der Waals surface area contributed by atoms with Crippen molar-refractivity contribution in [1.29, 1.82) is 0 Å². The summed E-state index contributed by atoms with van der Waals surface area (Å²) in [5.74, 6) is -1.86. The van der Waals surface area contributed by atoms with Gasteiger partial charge in [-0.05, 0) is 37.2 Å². The van der Waals surface area contributed by atoms with Gasteiger partial charge in [0, 0.05) is 19.6 Å². The number of nitrogens with one attached hydrogen (secondary N) is 3. The van der Waals surface area contributed by atoms with Gasteiger partial charge in [0.25, 0.3) is 5.91 Å². The number of hydrogen-bond acceptors (Lipinski definition) is 6. The van der Waals surface area contributed by atoms with Crippen LogP contribution in [-0.2, 0) is 30.3 Å². The van der Waals surface area contributed by atoms with Crippen molar-refractivity contribution in [3.05, 3.63) is 35.9 Å². The maximum Gasteiger partial charge on any atom is 0.407 e. The smallest absolute Gasteiger partial charge is 0.407 e. The summed E-state index contributed by atoms with van der Waals surface area (Å²) >= 11 is 0. The Bertz CT molecular complexity index is 795. The van der Waals surface area contributed by atoms with Gasteiger partial charge in [-0.2, -0.15) is 0 Å². The molecule has 0 bridgehead atoms. The molecule has 0 spiro atoms. The van der Waals surface area contributed by atoms with Crippen LogP contribution in [0.3, 0.4) is 0 Å². The molecule has 1 fully saturated rings. The third-order valence-corrected chi connectivity index (χ3v) is 5.42. The van der Waals surface area contributed by atoms with Crippen molar-refractivity contribution in [1.82, 2.24) is 16.0 Å². The highest BCUT2D eigenvalue weighted by molar-refractivity contribution is 6.38. The SMILES string of the molecule is COCCOC(=O)NC(CC(C)C)C(=O)NC(Cc1ccccc1)C(=O)C(=O)NC1CCC1. The van der Waals surface area contributed by atoms with E-state index in [1.165, 1.54) is 7.11 Å². The van der Waals surface area contributed by atoms with Crippen molar-refractivity contribution in [3.63, 3.8) is 0 Å². The summed E-state index contributed by atoms with van der Waals surface area (Å²) in [5.41, 5.74) is 0.805. The van der Waals surface area contributed by atoms with E-state index in [0.717, 1.165) is 24.8 Å². The zero-order chi connectivity index (χ0) is 24.2. The van der Waals surface area contributed by atoms with Crippen molar-refractivity contribution >= 4 is 23.7 Å². The Balaban J connectivity index is 2.10. The minimum absolute atomic E-state index is 0.00625. The normalized spacial score (nSPS) is 15.2. The van der Waals surface area contributed by atoms with Crippen molar-refractivity contribution < 1.29 is 28.7 Å². The molecule has 1 aliphatic carbocycles. The molecular formula is C24H35N3O6. The lowest BCUT2D eigenvalue weighted by Gasteiger charge is -2.27. The van der Waals surface area contributed by atoms with Crippen LogP contribution in [-0.4, -0.2) is 62.1 Å². The molecule has 3 amide bonds. The van der Waals surface area contributed by atoms with E-state index < -0.39 is 35.8 Å². The number of carbonyl (C=O) groups excluding carboxylic acids is 4. The van der Waals surface area contributed by atoms with E-state index in [-0.39, 0.29) is 31.6 Å². The van der Waals surface area contributed by atoms with Crippen LogP contribution in [0.5, 0.6) is 0 Å². The zero-order valence-corrected chi connectivity index (χ0v) is 19.6. The van der Waals surface area contributed by atoms with E-state index in [2.05, 4.69) is 16.0 Å². The molecule has 0 aliphatic heterocycles. The van der Waals surface area contributed by atoms with E-state index in [1.54, 1.807) is 0 Å². The van der Waals surface area contributed by atoms with Gasteiger partial charge in [0.2, 0.25) is 11.7 Å². The average Bonchev–Trinajstić information content (AvgIpc) is 2.75. The second-order valence-corrected chi connectivity index (χ2v) is 8.67. The van der Waals surface area contributed by atoms with Crippen LogP contribution < -0.4 is 16.0 Å². The molecule has 9 heteroatoms. The van der Waals surface area contributed by atoms with E-state index >= 15 is 0 Å². The first kappa shape index (κ1) is 26.3. The Morgan fingerprint density at radius 1 is 1.00 bits per heavy atom. The Hall–Kier alpha value is -2.94. The zero-order valence-electron chi connectivity index (χ0n) is 19.6. The summed E-state index contributed by atoms with van der Waals surface area (Å²) in [6, 6.07) is 7.19. The van der Waals surface area contributed by atoms with Gasteiger partial charge < -0.3 is 25.4 Å². The second kappa shape index (κ2) is 13.6. The number of ether oxygens (including phenoxy) is 2. The first-order valence-electron chi connectivity index (χ1n) is 11.4. The first-order valence-corrected chi connectivity index (χ1v) is 11.4. The van der Waals surface area contributed by atoms with Gasteiger partial charge in [-0.15, -0.1) is 0 Å². The van der Waals surface area contributed by atoms with Gasteiger partial charge in [-0.3, -0.25) is 14.4 Å². The Morgan fingerprint density at radius 2 is 1.70 bits per heavy atom. The number of carbonyl (C=O) groups is 4. The van der Waals surface area contributed by atoms with Crippen molar-refractivity contribution in [2.45, 2.75) is 64.1 Å². The van der Waals surface area contributed by atoms with Crippen molar-refractivity contribution in [2.24, 2.45) is 5.92 Å². The number of amides is 3. The lowest BCUT2D eigenvalue weighted by molar-refractivity contribution is -0.141. The molecule has 182 valence electrons. The molecule has 2 unspecified atom stereocenters. The van der Waals surface area contributed by atoms with E-state index in [0.29, 0.717) is 6.42 Å². The van der Waals surface area contributed by atoms with Crippen LogP contribution in [0, 0.1) is 5.92 Å². The molecule has 0 saturated heterocycles. The summed E-state index contributed by atoms with van der Waals surface area (Å²) in [6.45, 7) is 4.11. The summed E-state index contributed by atoms with van der Waals surface area (Å²) in [5, 5.41) is 7.98. The largest absolute Gasteiger partial charge is 0.447 e. The van der Waals surface area contributed by atoms with Crippen LogP contribution in [0.25, 0.3) is 0 Å². The van der Waals surface area contributed by atoms with E-state index in [9.17, 15) is 19.2 Å². The minimum Gasteiger partial charge on any atom is -0.447 e. The van der Waals surface area contributed by atoms with Crippen LogP contribution in [0.1, 0.15) is 45.1 Å². The second-order valence-electron chi connectivity index (χ2n) is 8.67. The monoisotopic (exact) mass is 461 g/mol. The predicted molar refractivity (Wildman–Crippen MR) is 122 cm³/mol. The van der Waals surface area contributed by atoms with E-state index in [4.69, 9.17) is 9.47 Å². The molecule has 1 saturated carbocycles. The molecule has 3 N–H and O–H groups in total. The number of Topliss-reactive ketones (excluding diaryl/α,β-unsaturated/α-hetero) is 1. The fraction of sp³-hybridized carbons (Fsp3) is 0.583. The third kappa shape index (κ3) is 9.21. The van der Waals surface area contributed by atoms with Crippen LogP contribution in [0.2, 0.25) is 0 Å². The third-order valence-electron chi connectivity index (χ3n) is 5.42. The lowest BCUT2D eigenvalue weighted by atomic mass is 9.92. The summed E-state index contributed by atoms with van der Waals surface area (Å²) < 4.78 is 9.85. The number of alkyl carbamates (subject to hydrolysis) is 1. The Labute approximate surface area is 195 Å². The van der Waals surface area contributed by atoms with Gasteiger partial charge in [-0.25, -0.2) is 4.79 Å². The molecule has 2 rings (SSSR count). The molecule has 2 atom stereocenters. The average molecular weight is 462 g/mol. The van der Waals surface area contributed by atoms with Crippen molar-refractivity contribution in [3.8, 4) is 0 Å². The van der Waals surface area contributed by atoms with Gasteiger partial charge in [0.15, 0.2) is 0 Å². The summed E-state index contributed by atoms with van der Waals surface area (Å²) in [7, 11) is 1.49. The first-order chi connectivity index (χ1) is 15.8. The lowest BCUT2D eigenvalue weighted by Crippen LogP contribution is -2.56. The molecule has 9 nitrogen and oxygen atoms in total. The number of hydrogen-bond donors (Lipinski definition) is 3. The molecule has 0 heterocycles. The molecule has 1 aliphatic rings. The van der Waals surface area contributed by atoms with Crippen LogP contribution in [0.4, 0.5) is 4.79 Å². The van der Waals surface area contributed by atoms with Crippen molar-refractivity contribution in [2.75, 3.05) is 20.3 Å². The number of rotatable bonds is 13. The number of benzene rings is 1. The Kier molecular flexibility index (Phi) is 10.8. The Morgan fingerprint density at radius 3 is 2.27 bits per heavy atom. The highest BCUT2D eigenvalue weighted by atomic mass is 16.6. The number of ketones is 1. The number of methoxy groups -OCH3 is 1. The maximum atomic E-state index is 13.1. The van der Waals surface area contributed by atoms with Crippen LogP contribution in [0.15, 0.2) is 30.3 Å². The van der Waals surface area contributed by atoms with E-state index in [1.807, 2.05) is 44.2 Å². The van der Waals surface area contributed by atoms with Crippen LogP contribution >= 0.6 is 0 Å². The predicted octanol–water partition coefficient (Wildman–Crippen LogP) is 1.74. The standard InChI is InChI=1S/C24H35N3O6/c1-16(2)14-20(27-24(31)33-13-12-32-3)22(29)26-19(15-17-8-5-4-6-9-17)21(28)23(30)25-18-10-7-11-18/h4-6,8-9,16,18-20H,7,10-15H2,1-3H3,(H,25,30)(H,26,29)(H,27,31). The topological polar surface area (TPSA) is 123 Å². The molecule has 1 aromatic carbocycles. The molecule has 0 aromatic heterocycles. The molecule has 33 heavy (non-hydrogen) atoms. The quantitative estimate of drug-likeness (QED) is 0.304. The fourth-order valence-corrected chi connectivity index (χ4v) is 3.40. The van der Waals surface area contributed by atoms with Gasteiger partial charge in [0.05, 0.1) is 6.61 Å². The highest BCUT2D eigenvalue weighted by Crippen LogP contribution is 2.18. The molecule has 1 aromatic rings. The fourth-order valence-electron chi connectivity index (χ4n) is 3.40. The van der Waals surface area contributed by atoms with Gasteiger partial charge in [-0.1, -0.05) is 44.2 Å². The minimum atomic E-state index is -1.05. The van der Waals surface area contributed by atoms with Gasteiger partial charge >= 0.3 is 6.09 Å². The highest BCUT2D eigenvalue weighted by Gasteiger charge is 2.32. The summed E-state index contributed by atoms with van der Waals surface area (Å²) in [6.07, 6.45) is 2.47.